The quantitative estimate of drug-likeness (QED) is 0.330. The van der Waals surface area contributed by atoms with E-state index < -0.39 is 0 Å². The van der Waals surface area contributed by atoms with E-state index in [2.05, 4.69) is 26.6 Å². The molecule has 1 unspecified atom stereocenters. The smallest absolute Gasteiger partial charge is 0.191 e. The summed E-state index contributed by atoms with van der Waals surface area (Å²) >= 11 is 6.12. The fourth-order valence-corrected chi connectivity index (χ4v) is 4.12. The number of hydrogen-bond acceptors (Lipinski definition) is 4. The lowest BCUT2D eigenvalue weighted by atomic mass is 10.1. The van der Waals surface area contributed by atoms with E-state index in [4.69, 9.17) is 21.1 Å². The van der Waals surface area contributed by atoms with Gasteiger partial charge in [-0.3, -0.25) is 4.99 Å². The van der Waals surface area contributed by atoms with Gasteiger partial charge in [0.25, 0.3) is 0 Å². The average molecular weight is 561 g/mol. The number of halogens is 3. The number of nitrogens with zero attached hydrogens (tertiary/aromatic N) is 2. The Balaban J connectivity index is 0.00000272. The Labute approximate surface area is 204 Å². The van der Waals surface area contributed by atoms with Gasteiger partial charge in [0.15, 0.2) is 12.8 Å². The molecule has 0 amide bonds. The van der Waals surface area contributed by atoms with Crippen LogP contribution < -0.4 is 20.3 Å². The topological polar surface area (TPSA) is 58.1 Å². The maximum absolute atomic E-state index is 13.9. The zero-order valence-corrected chi connectivity index (χ0v) is 20.5. The summed E-state index contributed by atoms with van der Waals surface area (Å²) in [7, 11) is 1.75. The number of benzene rings is 2. The third kappa shape index (κ3) is 6.14. The Morgan fingerprint density at radius 1 is 1.32 bits per heavy atom. The minimum atomic E-state index is -0.271. The van der Waals surface area contributed by atoms with Crippen LogP contribution in [-0.2, 0) is 17.8 Å². The summed E-state index contributed by atoms with van der Waals surface area (Å²) < 4.78 is 24.7. The van der Waals surface area contributed by atoms with Crippen molar-refractivity contribution in [3.63, 3.8) is 0 Å². The summed E-state index contributed by atoms with van der Waals surface area (Å²) in [6, 6.07) is 11.2. The number of guanidine groups is 1. The van der Waals surface area contributed by atoms with Gasteiger partial charge in [0.05, 0.1) is 6.61 Å². The van der Waals surface area contributed by atoms with Crippen LogP contribution in [0.4, 0.5) is 10.1 Å². The van der Waals surface area contributed by atoms with Crippen molar-refractivity contribution in [2.45, 2.75) is 25.5 Å². The fraction of sp³-hybridized carbons (Fsp3) is 0.409. The van der Waals surface area contributed by atoms with Gasteiger partial charge in [-0.05, 0) is 48.7 Å². The fourth-order valence-electron chi connectivity index (χ4n) is 3.93. The normalized spacial score (nSPS) is 18.1. The van der Waals surface area contributed by atoms with E-state index in [1.54, 1.807) is 7.05 Å². The Kier molecular flexibility index (Phi) is 8.62. The molecule has 2 aromatic carbocycles. The number of anilines is 1. The average Bonchev–Trinajstić information content (AvgIpc) is 3.21. The second-order valence-corrected chi connectivity index (χ2v) is 7.91. The molecule has 1 atom stereocenters. The van der Waals surface area contributed by atoms with Crippen molar-refractivity contribution < 1.29 is 13.9 Å². The first-order valence-corrected chi connectivity index (χ1v) is 10.5. The zero-order chi connectivity index (χ0) is 20.9. The van der Waals surface area contributed by atoms with Crippen molar-refractivity contribution in [1.29, 1.82) is 0 Å². The molecule has 0 bridgehead atoms. The van der Waals surface area contributed by atoms with Gasteiger partial charge in [-0.25, -0.2) is 4.39 Å². The van der Waals surface area contributed by atoms with Crippen LogP contribution in [-0.4, -0.2) is 45.5 Å². The molecular formula is C22H27ClFIN4O2. The molecule has 0 radical (unpaired) electrons. The van der Waals surface area contributed by atoms with E-state index in [9.17, 15) is 4.39 Å². The van der Waals surface area contributed by atoms with Crippen LogP contribution >= 0.6 is 35.6 Å². The highest BCUT2D eigenvalue weighted by Crippen LogP contribution is 2.29. The maximum atomic E-state index is 13.9. The Bertz CT molecular complexity index is 930. The lowest BCUT2D eigenvalue weighted by Crippen LogP contribution is -2.45. The molecule has 0 aromatic heterocycles. The second kappa shape index (κ2) is 11.2. The van der Waals surface area contributed by atoms with Crippen LogP contribution in [0.1, 0.15) is 17.5 Å². The lowest BCUT2D eigenvalue weighted by Gasteiger charge is -2.22. The van der Waals surface area contributed by atoms with Gasteiger partial charge in [-0.2, -0.15) is 0 Å². The van der Waals surface area contributed by atoms with Crippen molar-refractivity contribution in [3.8, 4) is 5.75 Å². The van der Waals surface area contributed by atoms with Crippen LogP contribution in [0.5, 0.6) is 5.75 Å². The van der Waals surface area contributed by atoms with E-state index in [1.807, 2.05) is 18.2 Å². The van der Waals surface area contributed by atoms with E-state index in [0.29, 0.717) is 19.6 Å². The minimum absolute atomic E-state index is 0. The van der Waals surface area contributed by atoms with Crippen molar-refractivity contribution >= 4 is 47.2 Å². The lowest BCUT2D eigenvalue weighted by molar-refractivity contribution is -0.0172. The monoisotopic (exact) mass is 560 g/mol. The summed E-state index contributed by atoms with van der Waals surface area (Å²) in [5.74, 6) is 1.20. The van der Waals surface area contributed by atoms with Gasteiger partial charge in [-0.15, -0.1) is 24.0 Å². The maximum Gasteiger partial charge on any atom is 0.191 e. The number of aliphatic imine (C=N–C) groups is 1. The molecule has 2 N–H and O–H groups in total. The molecular weight excluding hydrogens is 534 g/mol. The standard InChI is InChI=1S/C22H26ClFN4O2.HI/c1-25-22(27-19-6-8-28(12-19)20-4-2-3-17(23)11-20)26-7-5-15-9-18(24)10-16-13-29-14-30-21(15)16;/h2-4,9-11,19H,5-8,12-14H2,1H3,(H2,25,26,27);1H. The van der Waals surface area contributed by atoms with Gasteiger partial charge in [0.1, 0.15) is 11.6 Å². The molecule has 9 heteroatoms. The largest absolute Gasteiger partial charge is 0.467 e. The highest BCUT2D eigenvalue weighted by molar-refractivity contribution is 14.0. The molecule has 1 fully saturated rings. The molecule has 2 aliphatic rings. The third-order valence-corrected chi connectivity index (χ3v) is 5.60. The van der Waals surface area contributed by atoms with Crippen LogP contribution in [0, 0.1) is 5.82 Å². The number of ether oxygens (including phenoxy) is 2. The first kappa shape index (κ1) is 23.9. The molecule has 2 aliphatic heterocycles. The number of hydrogen-bond donors (Lipinski definition) is 2. The number of fused-ring (bicyclic) bond motifs is 1. The Morgan fingerprint density at radius 3 is 3.00 bits per heavy atom. The van der Waals surface area contributed by atoms with Crippen molar-refractivity contribution in [1.82, 2.24) is 10.6 Å². The van der Waals surface area contributed by atoms with E-state index in [0.717, 1.165) is 53.1 Å². The van der Waals surface area contributed by atoms with E-state index in [-0.39, 0.29) is 42.6 Å². The highest BCUT2D eigenvalue weighted by Gasteiger charge is 2.23. The first-order valence-electron chi connectivity index (χ1n) is 10.1. The predicted octanol–water partition coefficient (Wildman–Crippen LogP) is 3.95. The highest BCUT2D eigenvalue weighted by atomic mass is 127. The van der Waals surface area contributed by atoms with Crippen LogP contribution in [0.15, 0.2) is 41.4 Å². The number of rotatable bonds is 5. The summed E-state index contributed by atoms with van der Waals surface area (Å²) in [4.78, 5) is 6.64. The van der Waals surface area contributed by atoms with Crippen molar-refractivity contribution in [2.24, 2.45) is 4.99 Å². The molecule has 31 heavy (non-hydrogen) atoms. The molecule has 1 saturated heterocycles. The second-order valence-electron chi connectivity index (χ2n) is 7.47. The third-order valence-electron chi connectivity index (χ3n) is 5.36. The van der Waals surface area contributed by atoms with Gasteiger partial charge >= 0.3 is 0 Å². The molecule has 0 saturated carbocycles. The van der Waals surface area contributed by atoms with E-state index in [1.165, 1.54) is 12.1 Å². The number of nitrogens with one attached hydrogen (secondary N) is 2. The van der Waals surface area contributed by atoms with Gasteiger partial charge < -0.3 is 25.0 Å². The van der Waals surface area contributed by atoms with Crippen LogP contribution in [0.2, 0.25) is 5.02 Å². The zero-order valence-electron chi connectivity index (χ0n) is 17.4. The Hall–Kier alpha value is -1.78. The predicted molar refractivity (Wildman–Crippen MR) is 132 cm³/mol. The van der Waals surface area contributed by atoms with Gasteiger partial charge in [0, 0.05) is 49.0 Å². The summed E-state index contributed by atoms with van der Waals surface area (Å²) in [5.41, 5.74) is 2.73. The molecule has 2 heterocycles. The van der Waals surface area contributed by atoms with Crippen LogP contribution in [0.3, 0.4) is 0 Å². The molecule has 6 nitrogen and oxygen atoms in total. The molecule has 168 valence electrons. The van der Waals surface area contributed by atoms with E-state index >= 15 is 0 Å². The first-order chi connectivity index (χ1) is 14.6. The van der Waals surface area contributed by atoms with Gasteiger partial charge in [0.2, 0.25) is 0 Å². The molecule has 0 aliphatic carbocycles. The van der Waals surface area contributed by atoms with Crippen molar-refractivity contribution in [2.75, 3.05) is 38.4 Å². The summed E-state index contributed by atoms with van der Waals surface area (Å²) in [6.07, 6.45) is 1.64. The SMILES string of the molecule is CN=C(NCCc1cc(F)cc2c1OCOC2)NC1CCN(c2cccc(Cl)c2)C1.I. The molecule has 2 aromatic rings. The van der Waals surface area contributed by atoms with Gasteiger partial charge in [-0.1, -0.05) is 17.7 Å². The molecule has 0 spiro atoms. The van der Waals surface area contributed by atoms with Crippen molar-refractivity contribution in [3.05, 3.63) is 58.4 Å². The minimum Gasteiger partial charge on any atom is -0.467 e. The Morgan fingerprint density at radius 2 is 2.19 bits per heavy atom. The summed E-state index contributed by atoms with van der Waals surface area (Å²) in [6.45, 7) is 3.04. The summed E-state index contributed by atoms with van der Waals surface area (Å²) in [5, 5.41) is 7.55. The molecule has 4 rings (SSSR count). The van der Waals surface area contributed by atoms with Crippen LogP contribution in [0.25, 0.3) is 0 Å².